The molecular formula is C13H20N4O2. The summed E-state index contributed by atoms with van der Waals surface area (Å²) in [6.45, 7) is 3.82. The van der Waals surface area contributed by atoms with Crippen LogP contribution < -0.4 is 16.8 Å². The third-order valence-corrected chi connectivity index (χ3v) is 2.81. The first-order chi connectivity index (χ1) is 9.06. The molecule has 0 heterocycles. The monoisotopic (exact) mass is 264 g/mol. The highest BCUT2D eigenvalue weighted by Gasteiger charge is 2.12. The molecule has 0 spiro atoms. The summed E-state index contributed by atoms with van der Waals surface area (Å²) in [5, 5.41) is 2.06. The second kappa shape index (κ2) is 7.50. The van der Waals surface area contributed by atoms with E-state index in [2.05, 4.69) is 5.32 Å². The number of hydrogen-bond donors (Lipinski definition) is 3. The van der Waals surface area contributed by atoms with Gasteiger partial charge in [0.05, 0.1) is 6.54 Å². The van der Waals surface area contributed by atoms with Crippen molar-refractivity contribution in [2.45, 2.75) is 20.0 Å². The predicted octanol–water partition coefficient (Wildman–Crippen LogP) is 0.162. The summed E-state index contributed by atoms with van der Waals surface area (Å²) in [7, 11) is 0. The molecule has 0 unspecified atom stereocenters. The lowest BCUT2D eigenvalue weighted by atomic mass is 10.1. The summed E-state index contributed by atoms with van der Waals surface area (Å²) < 4.78 is 0. The maximum absolute atomic E-state index is 11.5. The van der Waals surface area contributed by atoms with Gasteiger partial charge in [0.1, 0.15) is 0 Å². The molecule has 19 heavy (non-hydrogen) atoms. The van der Waals surface area contributed by atoms with Crippen molar-refractivity contribution in [3.05, 3.63) is 35.4 Å². The van der Waals surface area contributed by atoms with Crippen LogP contribution in [0.1, 0.15) is 18.1 Å². The molecular weight excluding hydrogens is 244 g/mol. The summed E-state index contributed by atoms with van der Waals surface area (Å²) in [5.41, 5.74) is 12.7. The number of primary amides is 1. The number of benzene rings is 1. The van der Waals surface area contributed by atoms with Crippen LogP contribution in [0, 0.1) is 0 Å². The second-order valence-electron chi connectivity index (χ2n) is 4.19. The van der Waals surface area contributed by atoms with Crippen LogP contribution >= 0.6 is 0 Å². The Balaban J connectivity index is 2.66. The molecule has 5 N–H and O–H groups in total. The summed E-state index contributed by atoms with van der Waals surface area (Å²) in [4.78, 5) is 24.0. The second-order valence-corrected chi connectivity index (χ2v) is 4.19. The topological polar surface area (TPSA) is 101 Å². The maximum atomic E-state index is 11.5. The Bertz CT molecular complexity index is 448. The van der Waals surface area contributed by atoms with Crippen molar-refractivity contribution in [2.24, 2.45) is 11.5 Å². The van der Waals surface area contributed by atoms with Crippen LogP contribution in [0.15, 0.2) is 24.3 Å². The molecule has 0 saturated heterocycles. The quantitative estimate of drug-likeness (QED) is 0.681. The Morgan fingerprint density at radius 1 is 1.26 bits per heavy atom. The number of nitrogens with two attached hydrogens (primary N) is 2. The fraction of sp³-hybridized carbons (Fsp3) is 0.385. The van der Waals surface area contributed by atoms with Crippen molar-refractivity contribution < 1.29 is 9.59 Å². The van der Waals surface area contributed by atoms with Crippen LogP contribution in [0.3, 0.4) is 0 Å². The summed E-state index contributed by atoms with van der Waals surface area (Å²) >= 11 is 0. The van der Waals surface area contributed by atoms with E-state index in [-0.39, 0.29) is 6.54 Å². The zero-order valence-electron chi connectivity index (χ0n) is 11.1. The molecule has 1 rings (SSSR count). The van der Waals surface area contributed by atoms with E-state index in [0.717, 1.165) is 11.1 Å². The van der Waals surface area contributed by atoms with Crippen LogP contribution in [0.2, 0.25) is 0 Å². The van der Waals surface area contributed by atoms with Gasteiger partial charge in [0.25, 0.3) is 0 Å². The Morgan fingerprint density at radius 3 is 2.42 bits per heavy atom. The van der Waals surface area contributed by atoms with E-state index in [4.69, 9.17) is 11.5 Å². The van der Waals surface area contributed by atoms with Gasteiger partial charge in [-0.1, -0.05) is 31.2 Å². The van der Waals surface area contributed by atoms with E-state index in [9.17, 15) is 9.59 Å². The van der Waals surface area contributed by atoms with Gasteiger partial charge >= 0.3 is 6.03 Å². The van der Waals surface area contributed by atoms with E-state index in [1.807, 2.05) is 36.1 Å². The average molecular weight is 264 g/mol. The number of rotatable bonds is 6. The maximum Gasteiger partial charge on any atom is 0.318 e. The fourth-order valence-electron chi connectivity index (χ4n) is 1.81. The van der Waals surface area contributed by atoms with Gasteiger partial charge in [-0.05, 0) is 17.7 Å². The van der Waals surface area contributed by atoms with Gasteiger partial charge in [-0.15, -0.1) is 0 Å². The Labute approximate surface area is 112 Å². The number of urea groups is 1. The molecule has 6 heteroatoms. The molecule has 104 valence electrons. The minimum Gasteiger partial charge on any atom is -0.351 e. The Hall–Kier alpha value is -1.92. The number of carbonyl (C=O) groups excluding carboxylic acids is 2. The number of imide groups is 1. The van der Waals surface area contributed by atoms with Gasteiger partial charge in [0.2, 0.25) is 5.91 Å². The highest BCUT2D eigenvalue weighted by molar-refractivity contribution is 5.94. The van der Waals surface area contributed by atoms with Crippen molar-refractivity contribution in [1.82, 2.24) is 10.2 Å². The molecule has 0 aromatic heterocycles. The molecule has 3 amide bonds. The molecule has 0 atom stereocenters. The summed E-state index contributed by atoms with van der Waals surface area (Å²) in [6.07, 6.45) is 0. The predicted molar refractivity (Wildman–Crippen MR) is 73.0 cm³/mol. The van der Waals surface area contributed by atoms with E-state index in [0.29, 0.717) is 19.6 Å². The zero-order chi connectivity index (χ0) is 14.3. The molecule has 1 aromatic rings. The van der Waals surface area contributed by atoms with Gasteiger partial charge in [-0.3, -0.25) is 15.0 Å². The standard InChI is InChI=1S/C13H20N4O2/c1-2-17(9-12(18)16-13(15)19)8-11-6-4-3-5-10(11)7-14/h3-6H,2,7-9,14H2,1H3,(H3,15,16,18,19). The highest BCUT2D eigenvalue weighted by Crippen LogP contribution is 2.10. The number of nitrogens with one attached hydrogen (secondary N) is 1. The van der Waals surface area contributed by atoms with Gasteiger partial charge in [-0.25, -0.2) is 4.79 Å². The summed E-state index contributed by atoms with van der Waals surface area (Å²) in [6, 6.07) is 6.99. The van der Waals surface area contributed by atoms with Gasteiger partial charge in [0, 0.05) is 13.1 Å². The van der Waals surface area contributed by atoms with Gasteiger partial charge in [0.15, 0.2) is 0 Å². The lowest BCUT2D eigenvalue weighted by Gasteiger charge is -2.20. The fourth-order valence-corrected chi connectivity index (χ4v) is 1.81. The van der Waals surface area contributed by atoms with E-state index in [1.54, 1.807) is 0 Å². The third kappa shape index (κ3) is 5.07. The van der Waals surface area contributed by atoms with E-state index < -0.39 is 11.9 Å². The van der Waals surface area contributed by atoms with Crippen LogP contribution in [0.5, 0.6) is 0 Å². The molecule has 0 aliphatic carbocycles. The van der Waals surface area contributed by atoms with E-state index >= 15 is 0 Å². The largest absolute Gasteiger partial charge is 0.351 e. The van der Waals surface area contributed by atoms with Crippen LogP contribution in [-0.4, -0.2) is 29.9 Å². The van der Waals surface area contributed by atoms with E-state index in [1.165, 1.54) is 0 Å². The van der Waals surface area contributed by atoms with Gasteiger partial charge < -0.3 is 11.5 Å². The van der Waals surface area contributed by atoms with Crippen LogP contribution in [0.25, 0.3) is 0 Å². The number of carbonyl (C=O) groups is 2. The number of nitrogens with zero attached hydrogens (tertiary/aromatic N) is 1. The number of amides is 3. The lowest BCUT2D eigenvalue weighted by molar-refractivity contribution is -0.121. The average Bonchev–Trinajstić information content (AvgIpc) is 2.37. The van der Waals surface area contributed by atoms with Crippen molar-refractivity contribution in [3.63, 3.8) is 0 Å². The first kappa shape index (κ1) is 15.1. The molecule has 1 aromatic carbocycles. The number of likely N-dealkylation sites (N-methyl/N-ethyl adjacent to an activating group) is 1. The highest BCUT2D eigenvalue weighted by atomic mass is 16.2. The van der Waals surface area contributed by atoms with Gasteiger partial charge in [-0.2, -0.15) is 0 Å². The van der Waals surface area contributed by atoms with Crippen LogP contribution in [-0.2, 0) is 17.9 Å². The molecule has 0 fully saturated rings. The molecule has 0 aliphatic rings. The van der Waals surface area contributed by atoms with Crippen molar-refractivity contribution >= 4 is 11.9 Å². The zero-order valence-corrected chi connectivity index (χ0v) is 11.1. The molecule has 0 saturated carbocycles. The molecule has 0 aliphatic heterocycles. The molecule has 6 nitrogen and oxygen atoms in total. The molecule has 0 bridgehead atoms. The summed E-state index contributed by atoms with van der Waals surface area (Å²) in [5.74, 6) is -0.403. The third-order valence-electron chi connectivity index (χ3n) is 2.81. The minimum absolute atomic E-state index is 0.123. The SMILES string of the molecule is CCN(CC(=O)NC(N)=O)Cc1ccccc1CN. The smallest absolute Gasteiger partial charge is 0.318 e. The molecule has 0 radical (unpaired) electrons. The van der Waals surface area contributed by atoms with Crippen molar-refractivity contribution in [3.8, 4) is 0 Å². The Kier molecular flexibility index (Phi) is 5.98. The van der Waals surface area contributed by atoms with Crippen LogP contribution in [0.4, 0.5) is 4.79 Å². The first-order valence-electron chi connectivity index (χ1n) is 6.15. The normalized spacial score (nSPS) is 10.5. The number of hydrogen-bond acceptors (Lipinski definition) is 4. The van der Waals surface area contributed by atoms with Crippen molar-refractivity contribution in [1.29, 1.82) is 0 Å². The van der Waals surface area contributed by atoms with Crippen molar-refractivity contribution in [2.75, 3.05) is 13.1 Å². The first-order valence-corrected chi connectivity index (χ1v) is 6.15. The minimum atomic E-state index is -0.830. The Morgan fingerprint density at radius 2 is 1.89 bits per heavy atom. The lowest BCUT2D eigenvalue weighted by Crippen LogP contribution is -2.42.